The van der Waals surface area contributed by atoms with Crippen molar-refractivity contribution in [2.45, 2.75) is 0 Å². The summed E-state index contributed by atoms with van der Waals surface area (Å²) < 4.78 is 12.9. The molecule has 0 radical (unpaired) electrons. The third kappa shape index (κ3) is 3.37. The van der Waals surface area contributed by atoms with Gasteiger partial charge in [0, 0.05) is 15.4 Å². The van der Waals surface area contributed by atoms with Gasteiger partial charge in [-0.3, -0.25) is 10.1 Å². The van der Waals surface area contributed by atoms with Gasteiger partial charge in [0.15, 0.2) is 16.6 Å². The predicted molar refractivity (Wildman–Crippen MR) is 129 cm³/mol. The highest BCUT2D eigenvalue weighted by molar-refractivity contribution is 9.10. The monoisotopic (exact) mass is 503 g/mol. The number of para-hydroxylation sites is 1. The van der Waals surface area contributed by atoms with Crippen LogP contribution in [0.4, 0.5) is 5.13 Å². The van der Waals surface area contributed by atoms with Crippen LogP contribution in [-0.2, 0) is 0 Å². The Bertz CT molecular complexity index is 1530. The molecule has 0 unspecified atom stereocenters. The minimum atomic E-state index is -0.233. The maximum absolute atomic E-state index is 13.3. The molecule has 3 aromatic carbocycles. The Kier molecular flexibility index (Phi) is 4.55. The maximum atomic E-state index is 13.3. The third-order valence-electron chi connectivity index (χ3n) is 5.20. The molecule has 2 aromatic heterocycles. The minimum absolute atomic E-state index is 0.205. The number of hydrogen-bond donors (Lipinski definition) is 1. The number of fused-ring (bicyclic) bond motifs is 3. The van der Waals surface area contributed by atoms with Crippen LogP contribution in [0.5, 0.6) is 11.5 Å². The fourth-order valence-electron chi connectivity index (χ4n) is 3.68. The summed E-state index contributed by atoms with van der Waals surface area (Å²) in [6.07, 6.45) is 0. The molecular weight excluding hydrogens is 490 g/mol. The predicted octanol–water partition coefficient (Wildman–Crippen LogP) is 6.26. The number of amides is 1. The van der Waals surface area contributed by atoms with Crippen molar-refractivity contribution in [1.82, 2.24) is 9.97 Å². The topological polar surface area (TPSA) is 73.3 Å². The van der Waals surface area contributed by atoms with E-state index in [1.54, 1.807) is 6.07 Å². The summed E-state index contributed by atoms with van der Waals surface area (Å²) in [5.41, 5.74) is 3.64. The van der Waals surface area contributed by atoms with E-state index >= 15 is 0 Å². The highest BCUT2D eigenvalue weighted by atomic mass is 79.9. The van der Waals surface area contributed by atoms with Crippen molar-refractivity contribution in [2.24, 2.45) is 0 Å². The zero-order chi connectivity index (χ0) is 21.7. The van der Waals surface area contributed by atoms with Gasteiger partial charge in [0.25, 0.3) is 5.91 Å². The Morgan fingerprint density at radius 2 is 1.81 bits per heavy atom. The number of pyridine rings is 1. The van der Waals surface area contributed by atoms with Crippen molar-refractivity contribution in [3.63, 3.8) is 0 Å². The molecule has 0 saturated carbocycles. The lowest BCUT2D eigenvalue weighted by molar-refractivity contribution is 0.102. The zero-order valence-electron chi connectivity index (χ0n) is 16.5. The van der Waals surface area contributed by atoms with Gasteiger partial charge in [-0.15, -0.1) is 0 Å². The van der Waals surface area contributed by atoms with E-state index in [2.05, 4.69) is 26.2 Å². The first-order valence-corrected chi connectivity index (χ1v) is 11.4. The lowest BCUT2D eigenvalue weighted by atomic mass is 10.0. The number of aromatic nitrogens is 2. The lowest BCUT2D eigenvalue weighted by Gasteiger charge is -2.10. The van der Waals surface area contributed by atoms with Gasteiger partial charge in [0.1, 0.15) is 0 Å². The molecule has 0 fully saturated rings. The van der Waals surface area contributed by atoms with E-state index in [0.29, 0.717) is 27.9 Å². The average Bonchev–Trinajstić information content (AvgIpc) is 3.43. The summed E-state index contributed by atoms with van der Waals surface area (Å²) in [6, 6.07) is 20.9. The third-order valence-corrected chi connectivity index (χ3v) is 6.63. The van der Waals surface area contributed by atoms with Crippen LogP contribution in [0.25, 0.3) is 32.4 Å². The number of carbonyl (C=O) groups excluding carboxylic acids is 1. The van der Waals surface area contributed by atoms with E-state index in [1.807, 2.05) is 60.7 Å². The van der Waals surface area contributed by atoms with Crippen LogP contribution in [0, 0.1) is 0 Å². The molecule has 1 amide bonds. The molecule has 5 aromatic rings. The Labute approximate surface area is 195 Å². The molecule has 0 atom stereocenters. The second-order valence-electron chi connectivity index (χ2n) is 7.23. The van der Waals surface area contributed by atoms with Crippen molar-refractivity contribution < 1.29 is 14.3 Å². The quantitative estimate of drug-likeness (QED) is 0.314. The van der Waals surface area contributed by atoms with E-state index in [0.717, 1.165) is 31.2 Å². The number of benzene rings is 3. The summed E-state index contributed by atoms with van der Waals surface area (Å²) in [5.74, 6) is 1.14. The fraction of sp³-hybridized carbons (Fsp3) is 0.0417. The Morgan fingerprint density at radius 1 is 0.938 bits per heavy atom. The van der Waals surface area contributed by atoms with Crippen molar-refractivity contribution in [3.05, 3.63) is 76.8 Å². The molecule has 0 saturated heterocycles. The first-order valence-electron chi connectivity index (χ1n) is 9.81. The number of ether oxygens (including phenoxy) is 2. The van der Waals surface area contributed by atoms with E-state index in [-0.39, 0.29) is 12.7 Å². The van der Waals surface area contributed by atoms with Crippen LogP contribution >= 0.6 is 27.3 Å². The SMILES string of the molecule is O=C(Nc1nc2ccc(Br)cc2s1)c1cc(-c2ccc3c(c2)OCO3)nc2ccccc12. The highest BCUT2D eigenvalue weighted by Crippen LogP contribution is 2.36. The van der Waals surface area contributed by atoms with Gasteiger partial charge in [0.2, 0.25) is 6.79 Å². The normalized spacial score (nSPS) is 12.4. The fourth-order valence-corrected chi connectivity index (χ4v) is 5.10. The molecule has 8 heteroatoms. The average molecular weight is 504 g/mol. The van der Waals surface area contributed by atoms with Crippen LogP contribution in [0.2, 0.25) is 0 Å². The number of nitrogens with zero attached hydrogens (tertiary/aromatic N) is 2. The summed E-state index contributed by atoms with van der Waals surface area (Å²) in [5, 5.41) is 4.29. The van der Waals surface area contributed by atoms with E-state index in [4.69, 9.17) is 14.5 Å². The van der Waals surface area contributed by atoms with Gasteiger partial charge in [-0.25, -0.2) is 9.97 Å². The molecule has 0 aliphatic carbocycles. The van der Waals surface area contributed by atoms with Gasteiger partial charge in [-0.2, -0.15) is 0 Å². The molecule has 3 heterocycles. The summed E-state index contributed by atoms with van der Waals surface area (Å²) in [4.78, 5) is 22.6. The van der Waals surface area contributed by atoms with E-state index < -0.39 is 0 Å². The minimum Gasteiger partial charge on any atom is -0.454 e. The van der Waals surface area contributed by atoms with Gasteiger partial charge in [0.05, 0.1) is 27.0 Å². The number of carbonyl (C=O) groups is 1. The first kappa shape index (κ1) is 19.2. The highest BCUT2D eigenvalue weighted by Gasteiger charge is 2.18. The second-order valence-corrected chi connectivity index (χ2v) is 9.17. The molecule has 32 heavy (non-hydrogen) atoms. The van der Waals surface area contributed by atoms with Crippen molar-refractivity contribution >= 4 is 59.4 Å². The van der Waals surface area contributed by atoms with Crippen molar-refractivity contribution in [3.8, 4) is 22.8 Å². The number of thiazole rings is 1. The van der Waals surface area contributed by atoms with Gasteiger partial charge >= 0.3 is 0 Å². The van der Waals surface area contributed by atoms with Gasteiger partial charge < -0.3 is 9.47 Å². The molecule has 1 aliphatic rings. The summed E-state index contributed by atoms with van der Waals surface area (Å²) >= 11 is 4.91. The van der Waals surface area contributed by atoms with Crippen LogP contribution in [0.3, 0.4) is 0 Å². The van der Waals surface area contributed by atoms with Crippen molar-refractivity contribution in [1.29, 1.82) is 0 Å². The van der Waals surface area contributed by atoms with Crippen LogP contribution in [0.15, 0.2) is 71.2 Å². The van der Waals surface area contributed by atoms with E-state index in [9.17, 15) is 4.79 Å². The number of anilines is 1. The molecular formula is C24H14BrN3O3S. The smallest absolute Gasteiger partial charge is 0.258 e. The van der Waals surface area contributed by atoms with Gasteiger partial charge in [-0.1, -0.05) is 45.5 Å². The standard InChI is InChI=1S/C24H14BrN3O3S/c25-14-6-7-18-22(10-14)32-24(27-18)28-23(29)16-11-19(26-17-4-2-1-3-15(16)17)13-5-8-20-21(9-13)31-12-30-20/h1-11H,12H2,(H,27,28,29). The largest absolute Gasteiger partial charge is 0.454 e. The number of halogens is 1. The molecule has 156 valence electrons. The Hall–Kier alpha value is -3.49. The second kappa shape index (κ2) is 7.58. The first-order chi connectivity index (χ1) is 15.6. The molecule has 0 bridgehead atoms. The number of rotatable bonds is 3. The van der Waals surface area contributed by atoms with Gasteiger partial charge in [-0.05, 0) is 48.5 Å². The number of hydrogen-bond acceptors (Lipinski definition) is 6. The Morgan fingerprint density at radius 3 is 2.75 bits per heavy atom. The molecule has 1 aliphatic heterocycles. The molecule has 6 nitrogen and oxygen atoms in total. The molecule has 1 N–H and O–H groups in total. The molecule has 0 spiro atoms. The summed E-state index contributed by atoms with van der Waals surface area (Å²) in [6.45, 7) is 0.205. The molecule has 6 rings (SSSR count). The lowest BCUT2D eigenvalue weighted by Crippen LogP contribution is -2.13. The zero-order valence-corrected chi connectivity index (χ0v) is 18.9. The number of nitrogens with one attached hydrogen (secondary N) is 1. The van der Waals surface area contributed by atoms with Crippen LogP contribution in [0.1, 0.15) is 10.4 Å². The maximum Gasteiger partial charge on any atom is 0.258 e. The summed E-state index contributed by atoms with van der Waals surface area (Å²) in [7, 11) is 0. The van der Waals surface area contributed by atoms with Crippen LogP contribution in [-0.4, -0.2) is 22.7 Å². The Balaban J connectivity index is 1.42. The van der Waals surface area contributed by atoms with Crippen molar-refractivity contribution in [2.75, 3.05) is 12.1 Å². The van der Waals surface area contributed by atoms with Crippen LogP contribution < -0.4 is 14.8 Å². The van der Waals surface area contributed by atoms with E-state index in [1.165, 1.54) is 11.3 Å².